The van der Waals surface area contributed by atoms with E-state index in [9.17, 15) is 0 Å². The highest BCUT2D eigenvalue weighted by molar-refractivity contribution is 5.62. The van der Waals surface area contributed by atoms with Crippen molar-refractivity contribution in [3.05, 3.63) is 35.5 Å². The molecule has 0 aromatic heterocycles. The molecule has 1 aliphatic carbocycles. The van der Waals surface area contributed by atoms with Crippen LogP contribution < -0.4 is 9.64 Å². The molecule has 2 aliphatic rings. The average molecular weight is 215 g/mol. The van der Waals surface area contributed by atoms with E-state index in [1.807, 2.05) is 6.07 Å². The van der Waals surface area contributed by atoms with Gasteiger partial charge >= 0.3 is 0 Å². The van der Waals surface area contributed by atoms with Crippen LogP contribution in [0.5, 0.6) is 5.75 Å². The molecule has 1 aromatic carbocycles. The molecule has 84 valence electrons. The highest BCUT2D eigenvalue weighted by Gasteiger charge is 2.22. The molecular weight excluding hydrogens is 198 g/mol. The van der Waals surface area contributed by atoms with Crippen molar-refractivity contribution in [1.29, 1.82) is 0 Å². The van der Waals surface area contributed by atoms with E-state index in [1.54, 1.807) is 5.57 Å². The molecule has 0 bridgehead atoms. The number of allylic oxidation sites excluding steroid dienone is 1. The lowest BCUT2D eigenvalue weighted by Gasteiger charge is -2.28. The predicted octanol–water partition coefficient (Wildman–Crippen LogP) is 3.34. The fourth-order valence-corrected chi connectivity index (χ4v) is 2.48. The number of benzene rings is 1. The van der Waals surface area contributed by atoms with Crippen molar-refractivity contribution in [2.45, 2.75) is 25.7 Å². The summed E-state index contributed by atoms with van der Waals surface area (Å²) in [6, 6.07) is 8.31. The third-order valence-electron chi connectivity index (χ3n) is 3.59. The van der Waals surface area contributed by atoms with E-state index in [0.717, 1.165) is 18.8 Å². The first-order chi connectivity index (χ1) is 7.86. The Morgan fingerprint density at radius 1 is 1.12 bits per heavy atom. The van der Waals surface area contributed by atoms with Crippen LogP contribution in [-0.2, 0) is 0 Å². The van der Waals surface area contributed by atoms with Gasteiger partial charge in [0.25, 0.3) is 0 Å². The summed E-state index contributed by atoms with van der Waals surface area (Å²) in [5.74, 6) is 1.01. The average Bonchev–Trinajstić information content (AvgIpc) is 2.39. The largest absolute Gasteiger partial charge is 0.491 e. The molecule has 1 aromatic rings. The summed E-state index contributed by atoms with van der Waals surface area (Å²) < 4.78 is 5.79. The van der Waals surface area contributed by atoms with Crippen molar-refractivity contribution in [3.63, 3.8) is 0 Å². The second-order valence-corrected chi connectivity index (χ2v) is 4.53. The van der Waals surface area contributed by atoms with Crippen LogP contribution in [0.2, 0.25) is 0 Å². The predicted molar refractivity (Wildman–Crippen MR) is 65.8 cm³/mol. The SMILES string of the molecule is CN1C(=C2CCC2)CCOc2ccccc21. The third-order valence-corrected chi connectivity index (χ3v) is 3.59. The van der Waals surface area contributed by atoms with Gasteiger partial charge in [-0.3, -0.25) is 0 Å². The Hall–Kier alpha value is -1.44. The first-order valence-electron chi connectivity index (χ1n) is 6.03. The van der Waals surface area contributed by atoms with Crippen molar-refractivity contribution < 1.29 is 4.74 Å². The van der Waals surface area contributed by atoms with Gasteiger partial charge in [-0.25, -0.2) is 0 Å². The molecule has 3 rings (SSSR count). The molecule has 1 heterocycles. The van der Waals surface area contributed by atoms with E-state index in [-0.39, 0.29) is 0 Å². The zero-order chi connectivity index (χ0) is 11.0. The second-order valence-electron chi connectivity index (χ2n) is 4.53. The van der Waals surface area contributed by atoms with Crippen LogP contribution in [0, 0.1) is 0 Å². The van der Waals surface area contributed by atoms with Gasteiger partial charge in [-0.2, -0.15) is 0 Å². The summed E-state index contributed by atoms with van der Waals surface area (Å²) in [7, 11) is 2.16. The van der Waals surface area contributed by atoms with Crippen molar-refractivity contribution >= 4 is 5.69 Å². The zero-order valence-corrected chi connectivity index (χ0v) is 9.70. The molecule has 0 radical (unpaired) electrons. The summed E-state index contributed by atoms with van der Waals surface area (Å²) in [6.45, 7) is 0.806. The van der Waals surface area contributed by atoms with E-state index in [2.05, 4.69) is 30.1 Å². The van der Waals surface area contributed by atoms with Crippen molar-refractivity contribution in [3.8, 4) is 5.75 Å². The highest BCUT2D eigenvalue weighted by Crippen LogP contribution is 2.38. The van der Waals surface area contributed by atoms with E-state index in [4.69, 9.17) is 4.74 Å². The molecule has 0 saturated heterocycles. The van der Waals surface area contributed by atoms with Crippen LogP contribution in [0.3, 0.4) is 0 Å². The quantitative estimate of drug-likeness (QED) is 0.658. The van der Waals surface area contributed by atoms with Gasteiger partial charge in [-0.15, -0.1) is 0 Å². The summed E-state index contributed by atoms with van der Waals surface area (Å²) in [4.78, 5) is 2.32. The second kappa shape index (κ2) is 3.85. The first-order valence-corrected chi connectivity index (χ1v) is 6.03. The standard InChI is InChI=1S/C14H17NO/c1-15-12(11-5-4-6-11)9-10-16-14-8-3-2-7-13(14)15/h2-3,7-8H,4-6,9-10H2,1H3. The van der Waals surface area contributed by atoms with Gasteiger partial charge < -0.3 is 9.64 Å². The van der Waals surface area contributed by atoms with E-state index >= 15 is 0 Å². The Kier molecular flexibility index (Phi) is 2.35. The van der Waals surface area contributed by atoms with Gasteiger partial charge in [0.2, 0.25) is 0 Å². The van der Waals surface area contributed by atoms with E-state index in [1.165, 1.54) is 30.6 Å². The molecule has 0 spiro atoms. The van der Waals surface area contributed by atoms with Crippen molar-refractivity contribution in [1.82, 2.24) is 0 Å². The monoisotopic (exact) mass is 215 g/mol. The Bertz CT molecular complexity index is 430. The highest BCUT2D eigenvalue weighted by atomic mass is 16.5. The fraction of sp³-hybridized carbons (Fsp3) is 0.429. The molecule has 1 fully saturated rings. The van der Waals surface area contributed by atoms with Gasteiger partial charge in [-0.1, -0.05) is 17.7 Å². The van der Waals surface area contributed by atoms with Crippen molar-refractivity contribution in [2.75, 3.05) is 18.6 Å². The first kappa shape index (κ1) is 9.76. The van der Waals surface area contributed by atoms with Crippen LogP contribution in [0.4, 0.5) is 5.69 Å². The van der Waals surface area contributed by atoms with Crippen LogP contribution in [-0.4, -0.2) is 13.7 Å². The number of rotatable bonds is 0. The molecule has 16 heavy (non-hydrogen) atoms. The minimum Gasteiger partial charge on any atom is -0.491 e. The number of fused-ring (bicyclic) bond motifs is 1. The molecule has 0 N–H and O–H groups in total. The van der Waals surface area contributed by atoms with E-state index < -0.39 is 0 Å². The smallest absolute Gasteiger partial charge is 0.142 e. The lowest BCUT2D eigenvalue weighted by molar-refractivity contribution is 0.327. The number of para-hydroxylation sites is 2. The molecule has 0 amide bonds. The van der Waals surface area contributed by atoms with Gasteiger partial charge in [-0.05, 0) is 31.4 Å². The van der Waals surface area contributed by atoms with Crippen molar-refractivity contribution in [2.24, 2.45) is 0 Å². The van der Waals surface area contributed by atoms with Crippen LogP contribution in [0.25, 0.3) is 0 Å². The Morgan fingerprint density at radius 2 is 1.94 bits per heavy atom. The maximum atomic E-state index is 5.79. The van der Waals surface area contributed by atoms with Gasteiger partial charge in [0.05, 0.1) is 12.3 Å². The summed E-state index contributed by atoms with van der Waals surface area (Å²) >= 11 is 0. The number of nitrogens with zero attached hydrogens (tertiary/aromatic N) is 1. The van der Waals surface area contributed by atoms with Crippen LogP contribution >= 0.6 is 0 Å². The van der Waals surface area contributed by atoms with Crippen LogP contribution in [0.15, 0.2) is 35.5 Å². The number of hydrogen-bond donors (Lipinski definition) is 0. The lowest BCUT2D eigenvalue weighted by Crippen LogP contribution is -2.20. The number of hydrogen-bond acceptors (Lipinski definition) is 2. The third kappa shape index (κ3) is 1.49. The van der Waals surface area contributed by atoms with Crippen LogP contribution in [0.1, 0.15) is 25.7 Å². The number of anilines is 1. The Balaban J connectivity index is 2.03. The van der Waals surface area contributed by atoms with Gasteiger partial charge in [0.15, 0.2) is 0 Å². The molecule has 2 heteroatoms. The molecule has 0 atom stereocenters. The van der Waals surface area contributed by atoms with E-state index in [0.29, 0.717) is 0 Å². The lowest BCUT2D eigenvalue weighted by atomic mass is 9.89. The summed E-state index contributed by atoms with van der Waals surface area (Å²) in [6.07, 6.45) is 4.96. The van der Waals surface area contributed by atoms with Gasteiger partial charge in [0, 0.05) is 19.2 Å². The minimum absolute atomic E-state index is 0.806. The summed E-state index contributed by atoms with van der Waals surface area (Å²) in [5.41, 5.74) is 4.31. The fourth-order valence-electron chi connectivity index (χ4n) is 2.48. The zero-order valence-electron chi connectivity index (χ0n) is 9.70. The maximum absolute atomic E-state index is 5.79. The Morgan fingerprint density at radius 3 is 2.69 bits per heavy atom. The molecular formula is C14H17NO. The molecule has 1 aliphatic heterocycles. The summed E-state index contributed by atoms with van der Waals surface area (Å²) in [5, 5.41) is 0. The minimum atomic E-state index is 0.806. The molecule has 1 saturated carbocycles. The normalized spacial score (nSPS) is 19.7. The maximum Gasteiger partial charge on any atom is 0.142 e. The molecule has 0 unspecified atom stereocenters. The number of ether oxygens (including phenoxy) is 1. The van der Waals surface area contributed by atoms with Gasteiger partial charge in [0.1, 0.15) is 5.75 Å². The Labute approximate surface area is 96.5 Å². The molecule has 2 nitrogen and oxygen atoms in total. The topological polar surface area (TPSA) is 12.5 Å².